The smallest absolute Gasteiger partial charge is 0.247 e. The first-order valence-electron chi connectivity index (χ1n) is 11.5. The third kappa shape index (κ3) is 4.86. The van der Waals surface area contributed by atoms with Crippen molar-refractivity contribution in [2.75, 3.05) is 42.7 Å². The zero-order valence-corrected chi connectivity index (χ0v) is 20.8. The number of para-hydroxylation sites is 1. The molecule has 1 saturated heterocycles. The number of rotatable bonds is 7. The van der Waals surface area contributed by atoms with E-state index in [1.54, 1.807) is 18.6 Å². The fourth-order valence-corrected chi connectivity index (χ4v) is 4.36. The van der Waals surface area contributed by atoms with E-state index >= 15 is 0 Å². The molecule has 2 aromatic heterocycles. The molecular weight excluding hydrogens is 474 g/mol. The molecule has 3 heterocycles. The Morgan fingerprint density at radius 1 is 1.17 bits per heavy atom. The van der Waals surface area contributed by atoms with Crippen molar-refractivity contribution in [3.8, 4) is 11.1 Å². The minimum atomic E-state index is -0.264. The summed E-state index contributed by atoms with van der Waals surface area (Å²) in [7, 11) is 4.15. The van der Waals surface area contributed by atoms with Crippen molar-refractivity contribution in [2.24, 2.45) is 0 Å². The van der Waals surface area contributed by atoms with Crippen molar-refractivity contribution < 1.29 is 4.79 Å². The lowest BCUT2D eigenvalue weighted by Crippen LogP contribution is -2.57. The van der Waals surface area contributed by atoms with E-state index in [0.29, 0.717) is 22.7 Å². The Morgan fingerprint density at radius 2 is 2.00 bits per heavy atom. The molecule has 0 bridgehead atoms. The average molecular weight is 500 g/mol. The normalized spacial score (nSPS) is 13.5. The minimum absolute atomic E-state index is 0.264. The molecule has 36 heavy (non-hydrogen) atoms. The van der Waals surface area contributed by atoms with Crippen LogP contribution in [-0.2, 0) is 4.79 Å². The lowest BCUT2D eigenvalue weighted by Gasteiger charge is -2.45. The highest BCUT2D eigenvalue weighted by molar-refractivity contribution is 6.30. The van der Waals surface area contributed by atoms with Gasteiger partial charge in [-0.3, -0.25) is 9.78 Å². The van der Waals surface area contributed by atoms with E-state index in [1.807, 2.05) is 42.5 Å². The number of hydrogen-bond acceptors (Lipinski definition) is 7. The molecule has 2 N–H and O–H groups in total. The number of amides is 1. The van der Waals surface area contributed by atoms with Crippen molar-refractivity contribution in [1.29, 1.82) is 0 Å². The van der Waals surface area contributed by atoms with Gasteiger partial charge in [-0.2, -0.15) is 0 Å². The summed E-state index contributed by atoms with van der Waals surface area (Å²) in [4.78, 5) is 30.1. The molecule has 182 valence electrons. The summed E-state index contributed by atoms with van der Waals surface area (Å²) in [6, 6.07) is 14.1. The quantitative estimate of drug-likeness (QED) is 0.347. The van der Waals surface area contributed by atoms with Crippen LogP contribution < -0.4 is 15.5 Å². The van der Waals surface area contributed by atoms with Gasteiger partial charge in [-0.15, -0.1) is 0 Å². The first-order chi connectivity index (χ1) is 17.4. The summed E-state index contributed by atoms with van der Waals surface area (Å²) < 4.78 is 0. The second-order valence-corrected chi connectivity index (χ2v) is 9.34. The van der Waals surface area contributed by atoms with Gasteiger partial charge in [0.2, 0.25) is 11.9 Å². The zero-order valence-electron chi connectivity index (χ0n) is 20.1. The fourth-order valence-electron chi connectivity index (χ4n) is 4.19. The Hall–Kier alpha value is -4.01. The molecule has 8 nitrogen and oxygen atoms in total. The molecular formula is C27H26ClN7O. The van der Waals surface area contributed by atoms with Gasteiger partial charge in [0, 0.05) is 59.9 Å². The first kappa shape index (κ1) is 23.7. The monoisotopic (exact) mass is 499 g/mol. The predicted molar refractivity (Wildman–Crippen MR) is 146 cm³/mol. The van der Waals surface area contributed by atoms with Crippen LogP contribution in [0.1, 0.15) is 0 Å². The van der Waals surface area contributed by atoms with E-state index in [4.69, 9.17) is 16.6 Å². The van der Waals surface area contributed by atoms with Gasteiger partial charge >= 0.3 is 0 Å². The Kier molecular flexibility index (Phi) is 6.54. The van der Waals surface area contributed by atoms with E-state index < -0.39 is 0 Å². The van der Waals surface area contributed by atoms with Gasteiger partial charge in [0.1, 0.15) is 0 Å². The lowest BCUT2D eigenvalue weighted by atomic mass is 10.0. The number of likely N-dealkylation sites (N-methyl/N-ethyl adjacent to an activating group) is 1. The van der Waals surface area contributed by atoms with Crippen molar-refractivity contribution in [2.45, 2.75) is 6.04 Å². The van der Waals surface area contributed by atoms with E-state index in [0.717, 1.165) is 46.5 Å². The number of hydrogen-bond donors (Lipinski definition) is 2. The van der Waals surface area contributed by atoms with Crippen LogP contribution in [0.3, 0.4) is 0 Å². The number of carbonyl (C=O) groups is 1. The van der Waals surface area contributed by atoms with Gasteiger partial charge in [0.25, 0.3) is 0 Å². The molecule has 0 radical (unpaired) electrons. The lowest BCUT2D eigenvalue weighted by molar-refractivity contribution is -0.111. The molecule has 1 amide bonds. The van der Waals surface area contributed by atoms with Crippen molar-refractivity contribution in [3.05, 3.63) is 78.7 Å². The van der Waals surface area contributed by atoms with E-state index in [9.17, 15) is 4.79 Å². The number of nitrogens with one attached hydrogen (secondary N) is 2. The van der Waals surface area contributed by atoms with Gasteiger partial charge in [-0.05, 0) is 44.4 Å². The molecule has 0 aliphatic carbocycles. The largest absolute Gasteiger partial charge is 0.367 e. The molecule has 0 unspecified atom stereocenters. The zero-order chi connectivity index (χ0) is 25.2. The summed E-state index contributed by atoms with van der Waals surface area (Å²) in [5.74, 6) is 0.176. The van der Waals surface area contributed by atoms with Crippen molar-refractivity contribution >= 4 is 51.4 Å². The van der Waals surface area contributed by atoms with E-state index in [-0.39, 0.29) is 5.91 Å². The molecule has 0 spiro atoms. The number of nitrogens with zero attached hydrogens (tertiary/aromatic N) is 5. The molecule has 1 aliphatic rings. The summed E-state index contributed by atoms with van der Waals surface area (Å²) in [6.07, 6.45) is 6.41. The van der Waals surface area contributed by atoms with Crippen molar-refractivity contribution in [1.82, 2.24) is 19.9 Å². The van der Waals surface area contributed by atoms with Crippen LogP contribution in [0.15, 0.2) is 73.7 Å². The maximum Gasteiger partial charge on any atom is 0.247 e. The summed E-state index contributed by atoms with van der Waals surface area (Å²) in [5.41, 5.74) is 4.99. The maximum absolute atomic E-state index is 12.1. The molecule has 0 atom stereocenters. The Morgan fingerprint density at radius 3 is 2.75 bits per heavy atom. The van der Waals surface area contributed by atoms with Crippen LogP contribution in [-0.4, -0.2) is 59.0 Å². The Balaban J connectivity index is 1.46. The second kappa shape index (κ2) is 9.93. The molecule has 5 rings (SSSR count). The van der Waals surface area contributed by atoms with Gasteiger partial charge in [-0.25, -0.2) is 9.97 Å². The summed E-state index contributed by atoms with van der Waals surface area (Å²) in [5, 5.41) is 7.68. The molecule has 2 aromatic carbocycles. The number of halogens is 1. The average Bonchev–Trinajstić information content (AvgIpc) is 2.83. The number of anilines is 4. The molecule has 9 heteroatoms. The third-order valence-corrected chi connectivity index (χ3v) is 6.46. The number of aromatic nitrogens is 3. The highest BCUT2D eigenvalue weighted by Gasteiger charge is 2.30. The van der Waals surface area contributed by atoms with Crippen LogP contribution in [0.5, 0.6) is 0 Å². The Bertz CT molecular complexity index is 1450. The van der Waals surface area contributed by atoms with Crippen LogP contribution in [0, 0.1) is 0 Å². The Labute approximate surface area is 214 Å². The number of carbonyl (C=O) groups excluding carboxylic acids is 1. The minimum Gasteiger partial charge on any atom is -0.367 e. The van der Waals surface area contributed by atoms with Crippen LogP contribution in [0.4, 0.5) is 23.0 Å². The molecule has 1 aliphatic heterocycles. The number of fused-ring (bicyclic) bond motifs is 1. The van der Waals surface area contributed by atoms with Crippen LogP contribution in [0.2, 0.25) is 5.02 Å². The predicted octanol–water partition coefficient (Wildman–Crippen LogP) is 4.96. The third-order valence-electron chi connectivity index (χ3n) is 6.26. The standard InChI is InChI=1S/C27H26ClN7O/c1-4-25(36)32-23-11-20(8-9-24(23)35-15-21(16-35)34(2)3)31-27-30-13-17-6-5-7-22(26(17)33-27)18-10-19(28)14-29-12-18/h4-14,21H,1,15-16H2,2-3H3,(H,32,36)(H,30,31,33). The SMILES string of the molecule is C=CC(=O)Nc1cc(Nc2ncc3cccc(-c4cncc(Cl)c4)c3n2)ccc1N1CC(N(C)C)C1. The number of benzene rings is 2. The molecule has 0 saturated carbocycles. The summed E-state index contributed by atoms with van der Waals surface area (Å²) in [6.45, 7) is 5.37. The second-order valence-electron chi connectivity index (χ2n) is 8.90. The highest BCUT2D eigenvalue weighted by atomic mass is 35.5. The van der Waals surface area contributed by atoms with Gasteiger partial charge in [0.05, 0.1) is 21.9 Å². The fraction of sp³-hybridized carbons (Fsp3) is 0.185. The van der Waals surface area contributed by atoms with Crippen LogP contribution in [0.25, 0.3) is 22.0 Å². The van der Waals surface area contributed by atoms with Gasteiger partial charge in [0.15, 0.2) is 0 Å². The molecule has 1 fully saturated rings. The number of pyridine rings is 1. The topological polar surface area (TPSA) is 86.3 Å². The first-order valence-corrected chi connectivity index (χ1v) is 11.9. The van der Waals surface area contributed by atoms with Crippen LogP contribution >= 0.6 is 11.6 Å². The van der Waals surface area contributed by atoms with Crippen molar-refractivity contribution in [3.63, 3.8) is 0 Å². The summed E-state index contributed by atoms with van der Waals surface area (Å²) >= 11 is 6.17. The van der Waals surface area contributed by atoms with Gasteiger partial charge < -0.3 is 20.4 Å². The highest BCUT2D eigenvalue weighted by Crippen LogP contribution is 2.34. The van der Waals surface area contributed by atoms with E-state index in [1.165, 1.54) is 6.08 Å². The van der Waals surface area contributed by atoms with Gasteiger partial charge in [-0.1, -0.05) is 36.4 Å². The molecule has 4 aromatic rings. The maximum atomic E-state index is 12.1. The van der Waals surface area contributed by atoms with E-state index in [2.05, 4.69) is 51.1 Å².